The number of rotatable bonds is 0. The van der Waals surface area contributed by atoms with Gasteiger partial charge in [0.1, 0.15) is 5.75 Å². The van der Waals surface area contributed by atoms with Gasteiger partial charge in [-0.15, -0.1) is 0 Å². The number of carbonyl (C=O) groups excluding carboxylic acids is 1. The smallest absolute Gasteiger partial charge is 0.264 e. The molecule has 0 radical (unpaired) electrons. The van der Waals surface area contributed by atoms with Gasteiger partial charge in [-0.1, -0.05) is 36.7 Å². The lowest BCUT2D eigenvalue weighted by atomic mass is 9.68. The lowest BCUT2D eigenvalue weighted by Crippen LogP contribution is -2.49. The predicted molar refractivity (Wildman–Crippen MR) is 161 cm³/mol. The zero-order valence-electron chi connectivity index (χ0n) is 23.7. The van der Waals surface area contributed by atoms with Gasteiger partial charge in [-0.2, -0.15) is 0 Å². The fraction of sp³-hybridized carbons (Fsp3) is 0.531. The molecule has 7 nitrogen and oxygen atoms in total. The molecule has 2 N–H and O–H groups in total. The van der Waals surface area contributed by atoms with Crippen LogP contribution in [-0.4, -0.2) is 50.5 Å². The van der Waals surface area contributed by atoms with Crippen LogP contribution in [0.2, 0.25) is 5.02 Å². The predicted octanol–water partition coefficient (Wildman–Crippen LogP) is 5.24. The number of aliphatic hydroxyl groups is 1. The van der Waals surface area contributed by atoms with E-state index in [2.05, 4.69) is 21.8 Å². The van der Waals surface area contributed by atoms with Crippen LogP contribution in [0.5, 0.6) is 5.75 Å². The summed E-state index contributed by atoms with van der Waals surface area (Å²) in [7, 11) is -3.91. The number of benzene rings is 2. The quantitative estimate of drug-likeness (QED) is 0.403. The maximum absolute atomic E-state index is 13.3. The van der Waals surface area contributed by atoms with Crippen LogP contribution in [0.4, 0.5) is 5.69 Å². The van der Waals surface area contributed by atoms with E-state index in [9.17, 15) is 18.3 Å². The zero-order valence-corrected chi connectivity index (χ0v) is 25.3. The minimum Gasteiger partial charge on any atom is -0.490 e. The molecule has 1 saturated carbocycles. The number of sulfonamides is 1. The van der Waals surface area contributed by atoms with Gasteiger partial charge in [0.15, 0.2) is 0 Å². The van der Waals surface area contributed by atoms with Crippen LogP contribution >= 0.6 is 11.6 Å². The summed E-state index contributed by atoms with van der Waals surface area (Å²) in [6.07, 6.45) is 8.58. The minimum atomic E-state index is -3.91. The summed E-state index contributed by atoms with van der Waals surface area (Å²) in [6, 6.07) is 11.4. The Bertz CT molecular complexity index is 1480. The third-order valence-electron chi connectivity index (χ3n) is 10.0. The number of allylic oxidation sites excluding steroid dienone is 1. The summed E-state index contributed by atoms with van der Waals surface area (Å²) in [5, 5.41) is 11.1. The van der Waals surface area contributed by atoms with E-state index < -0.39 is 27.3 Å². The number of halogens is 1. The Labute approximate surface area is 248 Å². The van der Waals surface area contributed by atoms with Crippen molar-refractivity contribution in [3.63, 3.8) is 0 Å². The lowest BCUT2D eigenvalue weighted by Gasteiger charge is -2.45. The van der Waals surface area contributed by atoms with Gasteiger partial charge in [0, 0.05) is 29.1 Å². The molecule has 4 aliphatic rings. The molecule has 0 saturated heterocycles. The Morgan fingerprint density at radius 2 is 1.98 bits per heavy atom. The number of nitrogens with one attached hydrogen (secondary N) is 1. The van der Waals surface area contributed by atoms with Crippen LogP contribution < -0.4 is 14.4 Å². The molecule has 6 atom stereocenters. The van der Waals surface area contributed by atoms with Crippen molar-refractivity contribution in [1.82, 2.24) is 4.72 Å². The van der Waals surface area contributed by atoms with Crippen molar-refractivity contribution in [1.29, 1.82) is 0 Å². The second-order valence-corrected chi connectivity index (χ2v) is 15.1. The molecule has 2 heterocycles. The molecule has 2 aromatic rings. The molecule has 1 amide bonds. The molecule has 2 aromatic carbocycles. The van der Waals surface area contributed by atoms with Crippen molar-refractivity contribution in [2.75, 3.05) is 24.6 Å². The first-order chi connectivity index (χ1) is 19.6. The monoisotopic (exact) mass is 598 g/mol. The van der Waals surface area contributed by atoms with Crippen LogP contribution in [0.1, 0.15) is 67.4 Å². The fourth-order valence-electron chi connectivity index (χ4n) is 7.16. The summed E-state index contributed by atoms with van der Waals surface area (Å²) in [4.78, 5) is 15.6. The van der Waals surface area contributed by atoms with Gasteiger partial charge in [-0.3, -0.25) is 4.79 Å². The maximum atomic E-state index is 13.3. The highest BCUT2D eigenvalue weighted by atomic mass is 35.5. The van der Waals surface area contributed by atoms with Crippen molar-refractivity contribution < 1.29 is 23.1 Å². The first kappa shape index (κ1) is 28.6. The molecule has 0 aromatic heterocycles. The van der Waals surface area contributed by atoms with E-state index in [1.165, 1.54) is 11.1 Å². The number of nitrogens with zero attached hydrogens (tertiary/aromatic N) is 1. The first-order valence-corrected chi connectivity index (χ1v) is 16.7. The van der Waals surface area contributed by atoms with Gasteiger partial charge in [0.25, 0.3) is 5.91 Å². The highest BCUT2D eigenvalue weighted by Gasteiger charge is 2.44. The van der Waals surface area contributed by atoms with E-state index in [0.29, 0.717) is 31.9 Å². The number of carbonyl (C=O) groups is 1. The molecule has 6 rings (SSSR count). The highest BCUT2D eigenvalue weighted by Crippen LogP contribution is 2.46. The number of hydrogen-bond acceptors (Lipinski definition) is 6. The van der Waals surface area contributed by atoms with Crippen LogP contribution in [0.15, 0.2) is 48.6 Å². The largest absolute Gasteiger partial charge is 0.490 e. The van der Waals surface area contributed by atoms with Crippen molar-refractivity contribution in [2.45, 2.75) is 69.1 Å². The first-order valence-electron chi connectivity index (χ1n) is 14.8. The van der Waals surface area contributed by atoms with Crippen LogP contribution in [0.25, 0.3) is 0 Å². The van der Waals surface area contributed by atoms with Crippen LogP contribution in [0, 0.1) is 17.8 Å². The van der Waals surface area contributed by atoms with Gasteiger partial charge in [0.05, 0.1) is 23.6 Å². The van der Waals surface area contributed by atoms with E-state index in [-0.39, 0.29) is 28.7 Å². The molecule has 0 unspecified atom stereocenters. The Hall–Kier alpha value is -2.55. The van der Waals surface area contributed by atoms with Gasteiger partial charge >= 0.3 is 0 Å². The van der Waals surface area contributed by atoms with Crippen molar-refractivity contribution >= 4 is 33.2 Å². The number of ether oxygens (including phenoxy) is 1. The average molecular weight is 599 g/mol. The Morgan fingerprint density at radius 3 is 2.76 bits per heavy atom. The molecule has 1 fully saturated rings. The summed E-state index contributed by atoms with van der Waals surface area (Å²) < 4.78 is 35.1. The van der Waals surface area contributed by atoms with E-state index in [4.69, 9.17) is 16.3 Å². The number of aryl methyl sites for hydroxylation is 1. The molecular weight excluding hydrogens is 560 g/mol. The van der Waals surface area contributed by atoms with Gasteiger partial charge in [-0.05, 0) is 105 Å². The molecular formula is C32H39ClN2O5S. The summed E-state index contributed by atoms with van der Waals surface area (Å²) >= 11 is 6.38. The molecule has 220 valence electrons. The topological polar surface area (TPSA) is 95.9 Å². The highest BCUT2D eigenvalue weighted by molar-refractivity contribution is 7.90. The normalized spacial score (nSPS) is 33.8. The number of fused-ring (bicyclic) bond motifs is 4. The summed E-state index contributed by atoms with van der Waals surface area (Å²) in [6.45, 7) is 5.39. The van der Waals surface area contributed by atoms with E-state index in [1.807, 2.05) is 25.1 Å². The third-order valence-corrected chi connectivity index (χ3v) is 12.2. The third kappa shape index (κ3) is 5.39. The van der Waals surface area contributed by atoms with E-state index >= 15 is 0 Å². The molecule has 1 spiro atoms. The van der Waals surface area contributed by atoms with Crippen molar-refractivity contribution in [2.24, 2.45) is 17.8 Å². The average Bonchev–Trinajstić information content (AvgIpc) is 3.06. The van der Waals surface area contributed by atoms with Crippen LogP contribution in [-0.2, 0) is 21.9 Å². The van der Waals surface area contributed by atoms with Gasteiger partial charge in [-0.25, -0.2) is 13.1 Å². The fourth-order valence-corrected chi connectivity index (χ4v) is 8.64. The standard InChI is InChI=1S/C32H39ClN2O5S/c1-20-5-3-7-29(36)26-11-8-24(26)17-35-18-32(14-4-6-22-15-25(33)10-12-27(22)32)19-40-30-13-9-23(16-28(30)35)31(37)34-41(38,39)21(20)2/h3,7,9-10,12-13,15-16,20-21,24,26,29,36H,4-6,8,11,14,17-19H2,1-2H3,(H,34,37)/b7-3+/t20-,21+,24-,26+,29+,32-/m0/s1. The molecule has 41 heavy (non-hydrogen) atoms. The summed E-state index contributed by atoms with van der Waals surface area (Å²) in [5.74, 6) is 0.232. The van der Waals surface area contributed by atoms with Crippen LogP contribution in [0.3, 0.4) is 0 Å². The van der Waals surface area contributed by atoms with Gasteiger partial charge < -0.3 is 14.7 Å². The molecule has 2 aliphatic carbocycles. The van der Waals surface area contributed by atoms with E-state index in [0.717, 1.165) is 42.8 Å². The van der Waals surface area contributed by atoms with Crippen molar-refractivity contribution in [3.8, 4) is 5.75 Å². The van der Waals surface area contributed by atoms with Crippen molar-refractivity contribution in [3.05, 3.63) is 70.3 Å². The Balaban J connectivity index is 1.42. The molecule has 2 bridgehead atoms. The molecule has 2 aliphatic heterocycles. The summed E-state index contributed by atoms with van der Waals surface area (Å²) in [5.41, 5.74) is 3.33. The zero-order chi connectivity index (χ0) is 28.9. The Morgan fingerprint density at radius 1 is 1.15 bits per heavy atom. The maximum Gasteiger partial charge on any atom is 0.264 e. The van der Waals surface area contributed by atoms with Gasteiger partial charge in [0.2, 0.25) is 10.0 Å². The molecule has 9 heteroatoms. The second-order valence-electron chi connectivity index (χ2n) is 12.6. The number of hydrogen-bond donors (Lipinski definition) is 2. The Kier molecular flexibility index (Phi) is 7.62. The number of amides is 1. The SMILES string of the molecule is C[C@@H]1[C@@H](C)C/C=C/[C@@H](O)[C@@H]2CC[C@H]2CN2C[C@@]3(CCCc4cc(Cl)ccc43)COc3ccc(cc32)C(=O)NS1(=O)=O. The second kappa shape index (κ2) is 10.9. The number of aliphatic hydroxyl groups excluding tert-OH is 1. The number of anilines is 1. The van der Waals surface area contributed by atoms with E-state index in [1.54, 1.807) is 25.1 Å². The lowest BCUT2D eigenvalue weighted by molar-refractivity contribution is 0.0456. The minimum absolute atomic E-state index is 0.128.